The highest BCUT2D eigenvalue weighted by Crippen LogP contribution is 2.19. The summed E-state index contributed by atoms with van der Waals surface area (Å²) >= 11 is 1.36. The topological polar surface area (TPSA) is 41.6 Å². The number of hydrogen-bond donors (Lipinski definition) is 1. The zero-order chi connectivity index (χ0) is 10.8. The SMILES string of the molecule is C(=C\c1c[nH]c2ccccc12)/c1ncsn1. The first-order valence-electron chi connectivity index (χ1n) is 4.94. The third-order valence-electron chi connectivity index (χ3n) is 2.41. The summed E-state index contributed by atoms with van der Waals surface area (Å²) in [5.41, 5.74) is 4.04. The van der Waals surface area contributed by atoms with Crippen LogP contribution in [0, 0.1) is 0 Å². The van der Waals surface area contributed by atoms with Crippen LogP contribution in [0.2, 0.25) is 0 Å². The summed E-state index contributed by atoms with van der Waals surface area (Å²) in [6.45, 7) is 0. The summed E-state index contributed by atoms with van der Waals surface area (Å²) in [6, 6.07) is 8.22. The minimum absolute atomic E-state index is 0.760. The lowest BCUT2D eigenvalue weighted by Crippen LogP contribution is -1.72. The second-order valence-electron chi connectivity index (χ2n) is 3.41. The molecule has 3 nitrogen and oxygen atoms in total. The van der Waals surface area contributed by atoms with Crippen molar-refractivity contribution in [2.75, 3.05) is 0 Å². The number of nitrogens with one attached hydrogen (secondary N) is 1. The monoisotopic (exact) mass is 227 g/mol. The molecule has 0 radical (unpaired) electrons. The number of para-hydroxylation sites is 1. The molecule has 0 saturated heterocycles. The molecule has 0 saturated carbocycles. The molecule has 0 unspecified atom stereocenters. The molecule has 0 fully saturated rings. The summed E-state index contributed by atoms with van der Waals surface area (Å²) in [7, 11) is 0. The van der Waals surface area contributed by atoms with Crippen LogP contribution in [0.4, 0.5) is 0 Å². The second kappa shape index (κ2) is 3.90. The van der Waals surface area contributed by atoms with Crippen molar-refractivity contribution in [2.45, 2.75) is 0 Å². The van der Waals surface area contributed by atoms with Gasteiger partial charge in [-0.15, -0.1) is 0 Å². The fraction of sp³-hybridized carbons (Fsp3) is 0. The number of benzene rings is 1. The van der Waals surface area contributed by atoms with Crippen molar-refractivity contribution in [1.82, 2.24) is 14.3 Å². The molecule has 3 aromatic rings. The van der Waals surface area contributed by atoms with Gasteiger partial charge in [0, 0.05) is 17.1 Å². The Hall–Kier alpha value is -1.94. The number of aromatic amines is 1. The Kier molecular flexibility index (Phi) is 2.27. The average Bonchev–Trinajstić information content (AvgIpc) is 2.96. The zero-order valence-corrected chi connectivity index (χ0v) is 9.24. The molecule has 3 rings (SSSR count). The predicted molar refractivity (Wildman–Crippen MR) is 67.1 cm³/mol. The maximum absolute atomic E-state index is 4.13. The van der Waals surface area contributed by atoms with Gasteiger partial charge in [-0.1, -0.05) is 18.2 Å². The molecule has 2 aromatic heterocycles. The van der Waals surface area contributed by atoms with E-state index in [0.29, 0.717) is 0 Å². The molecule has 4 heteroatoms. The number of rotatable bonds is 2. The van der Waals surface area contributed by atoms with Crippen LogP contribution in [0.25, 0.3) is 23.1 Å². The van der Waals surface area contributed by atoms with Crippen molar-refractivity contribution in [3.8, 4) is 0 Å². The summed E-state index contributed by atoms with van der Waals surface area (Å²) in [5.74, 6) is 0.760. The molecule has 1 N–H and O–H groups in total. The Balaban J connectivity index is 2.01. The van der Waals surface area contributed by atoms with E-state index in [4.69, 9.17) is 0 Å². The predicted octanol–water partition coefficient (Wildman–Crippen LogP) is 3.19. The fourth-order valence-electron chi connectivity index (χ4n) is 1.65. The Morgan fingerprint density at radius 3 is 3.00 bits per heavy atom. The van der Waals surface area contributed by atoms with Crippen molar-refractivity contribution in [2.24, 2.45) is 0 Å². The molecular weight excluding hydrogens is 218 g/mol. The summed E-state index contributed by atoms with van der Waals surface area (Å²) in [6.07, 6.45) is 5.94. The number of aromatic nitrogens is 3. The molecule has 0 amide bonds. The molecule has 16 heavy (non-hydrogen) atoms. The minimum Gasteiger partial charge on any atom is -0.361 e. The van der Waals surface area contributed by atoms with Gasteiger partial charge in [0.1, 0.15) is 5.51 Å². The van der Waals surface area contributed by atoms with E-state index in [1.807, 2.05) is 30.5 Å². The van der Waals surface area contributed by atoms with Gasteiger partial charge < -0.3 is 4.98 Å². The van der Waals surface area contributed by atoms with Crippen LogP contribution in [0.15, 0.2) is 36.0 Å². The van der Waals surface area contributed by atoms with Gasteiger partial charge in [-0.05, 0) is 35.3 Å². The highest BCUT2D eigenvalue weighted by molar-refractivity contribution is 7.03. The van der Waals surface area contributed by atoms with Crippen molar-refractivity contribution >= 4 is 34.6 Å². The molecular formula is C12H9N3S. The lowest BCUT2D eigenvalue weighted by molar-refractivity contribution is 1.29. The van der Waals surface area contributed by atoms with Crippen LogP contribution < -0.4 is 0 Å². The lowest BCUT2D eigenvalue weighted by Gasteiger charge is -1.89. The van der Waals surface area contributed by atoms with Crippen LogP contribution in [0.1, 0.15) is 11.4 Å². The number of hydrogen-bond acceptors (Lipinski definition) is 3. The van der Waals surface area contributed by atoms with E-state index in [2.05, 4.69) is 26.5 Å². The zero-order valence-electron chi connectivity index (χ0n) is 8.42. The molecule has 0 spiro atoms. The molecule has 0 aliphatic heterocycles. The lowest BCUT2D eigenvalue weighted by atomic mass is 10.1. The highest BCUT2D eigenvalue weighted by atomic mass is 32.1. The van der Waals surface area contributed by atoms with Crippen LogP contribution in [-0.4, -0.2) is 14.3 Å². The maximum Gasteiger partial charge on any atom is 0.165 e. The van der Waals surface area contributed by atoms with E-state index in [1.165, 1.54) is 16.9 Å². The van der Waals surface area contributed by atoms with Gasteiger partial charge in [0.05, 0.1) is 0 Å². The smallest absolute Gasteiger partial charge is 0.165 e. The van der Waals surface area contributed by atoms with Crippen molar-refractivity contribution in [1.29, 1.82) is 0 Å². The van der Waals surface area contributed by atoms with Gasteiger partial charge in [-0.3, -0.25) is 0 Å². The minimum atomic E-state index is 0.760. The standard InChI is InChI=1S/C12H9N3S/c1-2-4-11-10(3-1)9(7-13-11)5-6-12-14-8-16-15-12/h1-8,13H/b6-5+. The fourth-order valence-corrected chi connectivity index (χ4v) is 2.07. The van der Waals surface area contributed by atoms with E-state index < -0.39 is 0 Å². The molecule has 1 aromatic carbocycles. The van der Waals surface area contributed by atoms with Gasteiger partial charge in [0.2, 0.25) is 0 Å². The van der Waals surface area contributed by atoms with E-state index in [-0.39, 0.29) is 0 Å². The van der Waals surface area contributed by atoms with Crippen LogP contribution >= 0.6 is 11.5 Å². The van der Waals surface area contributed by atoms with Gasteiger partial charge in [-0.25, -0.2) is 4.98 Å². The number of H-pyrrole nitrogens is 1. The van der Waals surface area contributed by atoms with Crippen molar-refractivity contribution < 1.29 is 0 Å². The number of nitrogens with zero attached hydrogens (tertiary/aromatic N) is 2. The first kappa shape index (κ1) is 9.30. The van der Waals surface area contributed by atoms with Crippen LogP contribution in [0.5, 0.6) is 0 Å². The van der Waals surface area contributed by atoms with Crippen LogP contribution in [0.3, 0.4) is 0 Å². The van der Waals surface area contributed by atoms with Crippen molar-refractivity contribution in [3.05, 3.63) is 47.4 Å². The molecule has 0 atom stereocenters. The Morgan fingerprint density at radius 1 is 1.19 bits per heavy atom. The highest BCUT2D eigenvalue weighted by Gasteiger charge is 1.99. The molecule has 0 bridgehead atoms. The summed E-state index contributed by atoms with van der Waals surface area (Å²) in [4.78, 5) is 7.33. The number of fused-ring (bicyclic) bond motifs is 1. The van der Waals surface area contributed by atoms with E-state index in [0.717, 1.165) is 16.9 Å². The Labute approximate surface area is 96.6 Å². The first-order valence-corrected chi connectivity index (χ1v) is 5.78. The average molecular weight is 227 g/mol. The van der Waals surface area contributed by atoms with Crippen LogP contribution in [-0.2, 0) is 0 Å². The van der Waals surface area contributed by atoms with Gasteiger partial charge >= 0.3 is 0 Å². The summed E-state index contributed by atoms with van der Waals surface area (Å²) in [5, 5.41) is 1.22. The molecule has 78 valence electrons. The largest absolute Gasteiger partial charge is 0.361 e. The molecule has 2 heterocycles. The van der Waals surface area contributed by atoms with E-state index in [1.54, 1.807) is 5.51 Å². The van der Waals surface area contributed by atoms with Gasteiger partial charge in [-0.2, -0.15) is 4.37 Å². The summed E-state index contributed by atoms with van der Waals surface area (Å²) < 4.78 is 4.13. The Bertz CT molecular complexity index is 623. The molecule has 0 aliphatic carbocycles. The van der Waals surface area contributed by atoms with Gasteiger partial charge in [0.15, 0.2) is 5.82 Å². The van der Waals surface area contributed by atoms with E-state index in [9.17, 15) is 0 Å². The van der Waals surface area contributed by atoms with Crippen molar-refractivity contribution in [3.63, 3.8) is 0 Å². The third kappa shape index (κ3) is 1.63. The quantitative estimate of drug-likeness (QED) is 0.730. The van der Waals surface area contributed by atoms with Gasteiger partial charge in [0.25, 0.3) is 0 Å². The molecule has 0 aliphatic rings. The first-order chi connectivity index (χ1) is 7.93. The van der Waals surface area contributed by atoms with E-state index >= 15 is 0 Å². The maximum atomic E-state index is 4.13. The normalized spacial score (nSPS) is 11.5. The Morgan fingerprint density at radius 2 is 2.12 bits per heavy atom. The third-order valence-corrected chi connectivity index (χ3v) is 2.90. The second-order valence-corrected chi connectivity index (χ2v) is 4.02.